The molecule has 0 aromatic carbocycles. The van der Waals surface area contributed by atoms with E-state index in [4.69, 9.17) is 4.74 Å². The molecule has 19 heavy (non-hydrogen) atoms. The van der Waals surface area contributed by atoms with Gasteiger partial charge in [0, 0.05) is 30.4 Å². The van der Waals surface area contributed by atoms with Crippen LogP contribution >= 0.6 is 0 Å². The maximum atomic E-state index is 5.26. The average molecular weight is 263 g/mol. The minimum atomic E-state index is 0.500. The third-order valence-electron chi connectivity index (χ3n) is 3.73. The van der Waals surface area contributed by atoms with Gasteiger partial charge in [-0.1, -0.05) is 12.5 Å². The fourth-order valence-electron chi connectivity index (χ4n) is 2.66. The Morgan fingerprint density at radius 3 is 3.16 bits per heavy atom. The molecule has 2 unspecified atom stereocenters. The number of hydrogen-bond donors (Lipinski definition) is 2. The summed E-state index contributed by atoms with van der Waals surface area (Å²) in [6, 6.07) is 5.18. The van der Waals surface area contributed by atoms with Gasteiger partial charge in [-0.05, 0) is 38.8 Å². The Balaban J connectivity index is 1.77. The van der Waals surface area contributed by atoms with E-state index in [-0.39, 0.29) is 0 Å². The Labute approximate surface area is 116 Å². The van der Waals surface area contributed by atoms with Gasteiger partial charge in [-0.25, -0.2) is 4.98 Å². The minimum Gasteiger partial charge on any atom is -0.481 e. The van der Waals surface area contributed by atoms with E-state index in [1.54, 1.807) is 13.3 Å². The van der Waals surface area contributed by atoms with Gasteiger partial charge in [-0.2, -0.15) is 0 Å². The van der Waals surface area contributed by atoms with Crippen molar-refractivity contribution in [1.82, 2.24) is 15.6 Å². The molecule has 1 aromatic rings. The summed E-state index contributed by atoms with van der Waals surface area (Å²) in [6.07, 6.45) is 6.94. The molecular weight excluding hydrogens is 238 g/mol. The number of nitrogens with one attached hydrogen (secondary N) is 2. The van der Waals surface area contributed by atoms with Crippen LogP contribution in [-0.2, 0) is 6.54 Å². The summed E-state index contributed by atoms with van der Waals surface area (Å²) in [5.74, 6) is 0.720. The quantitative estimate of drug-likeness (QED) is 0.825. The molecule has 1 saturated heterocycles. The number of rotatable bonds is 6. The van der Waals surface area contributed by atoms with E-state index in [2.05, 4.69) is 28.6 Å². The van der Waals surface area contributed by atoms with Crippen LogP contribution in [0.1, 0.15) is 38.2 Å². The predicted molar refractivity (Wildman–Crippen MR) is 77.3 cm³/mol. The lowest BCUT2D eigenvalue weighted by Crippen LogP contribution is -2.39. The molecule has 4 nitrogen and oxygen atoms in total. The smallest absolute Gasteiger partial charge is 0.217 e. The normalized spacial score (nSPS) is 21.1. The number of aromatic nitrogens is 1. The lowest BCUT2D eigenvalue weighted by Gasteiger charge is -2.26. The Kier molecular flexibility index (Phi) is 5.61. The molecule has 2 heterocycles. The van der Waals surface area contributed by atoms with Crippen molar-refractivity contribution < 1.29 is 4.74 Å². The summed E-state index contributed by atoms with van der Waals surface area (Å²) >= 11 is 0. The van der Waals surface area contributed by atoms with Crippen molar-refractivity contribution in [2.24, 2.45) is 0 Å². The number of ether oxygens (including phenoxy) is 1. The first-order valence-corrected chi connectivity index (χ1v) is 7.24. The van der Waals surface area contributed by atoms with Crippen LogP contribution < -0.4 is 15.4 Å². The second-order valence-corrected chi connectivity index (χ2v) is 5.34. The van der Waals surface area contributed by atoms with Gasteiger partial charge < -0.3 is 15.4 Å². The molecular formula is C15H25N3O. The van der Waals surface area contributed by atoms with Crippen molar-refractivity contribution in [2.45, 2.75) is 51.2 Å². The summed E-state index contributed by atoms with van der Waals surface area (Å²) in [5, 5.41) is 7.15. The molecule has 1 fully saturated rings. The summed E-state index contributed by atoms with van der Waals surface area (Å²) in [5.41, 5.74) is 1.12. The number of hydrogen-bond acceptors (Lipinski definition) is 4. The van der Waals surface area contributed by atoms with Crippen molar-refractivity contribution in [3.8, 4) is 5.88 Å². The van der Waals surface area contributed by atoms with Crippen LogP contribution in [0.15, 0.2) is 18.3 Å². The second kappa shape index (κ2) is 7.46. The van der Waals surface area contributed by atoms with Gasteiger partial charge in [0.15, 0.2) is 0 Å². The molecule has 2 rings (SSSR count). The molecule has 0 amide bonds. The molecule has 0 radical (unpaired) electrons. The molecule has 1 aromatic heterocycles. The van der Waals surface area contributed by atoms with Gasteiger partial charge >= 0.3 is 0 Å². The largest absolute Gasteiger partial charge is 0.481 e. The van der Waals surface area contributed by atoms with Gasteiger partial charge in [0.25, 0.3) is 0 Å². The molecule has 2 N–H and O–H groups in total. The molecule has 106 valence electrons. The van der Waals surface area contributed by atoms with Crippen molar-refractivity contribution in [3.05, 3.63) is 23.9 Å². The highest BCUT2D eigenvalue weighted by atomic mass is 16.5. The van der Waals surface area contributed by atoms with Gasteiger partial charge in [0.05, 0.1) is 7.11 Å². The number of nitrogens with zero attached hydrogens (tertiary/aromatic N) is 1. The van der Waals surface area contributed by atoms with Crippen LogP contribution in [0, 0.1) is 0 Å². The van der Waals surface area contributed by atoms with Crippen LogP contribution in [-0.4, -0.2) is 30.7 Å². The Morgan fingerprint density at radius 2 is 2.42 bits per heavy atom. The zero-order valence-electron chi connectivity index (χ0n) is 12.0. The Hall–Kier alpha value is -1.13. The number of methoxy groups -OCH3 is 1. The second-order valence-electron chi connectivity index (χ2n) is 5.34. The Bertz CT molecular complexity index is 377. The van der Waals surface area contributed by atoms with Gasteiger partial charge in [0.2, 0.25) is 5.88 Å². The van der Waals surface area contributed by atoms with Gasteiger partial charge in [-0.15, -0.1) is 0 Å². The third-order valence-corrected chi connectivity index (χ3v) is 3.73. The number of piperidine rings is 1. The summed E-state index contributed by atoms with van der Waals surface area (Å²) in [4.78, 5) is 4.22. The first kappa shape index (κ1) is 14.3. The van der Waals surface area contributed by atoms with Crippen LogP contribution in [0.4, 0.5) is 0 Å². The van der Waals surface area contributed by atoms with Crippen molar-refractivity contribution >= 4 is 0 Å². The van der Waals surface area contributed by atoms with Crippen LogP contribution in [0.5, 0.6) is 5.88 Å². The van der Waals surface area contributed by atoms with Crippen molar-refractivity contribution in [2.75, 3.05) is 13.7 Å². The van der Waals surface area contributed by atoms with E-state index in [0.29, 0.717) is 12.1 Å². The fraction of sp³-hybridized carbons (Fsp3) is 0.667. The van der Waals surface area contributed by atoms with E-state index in [9.17, 15) is 0 Å². The highest BCUT2D eigenvalue weighted by molar-refractivity contribution is 5.25. The lowest BCUT2D eigenvalue weighted by atomic mass is 9.99. The van der Waals surface area contributed by atoms with E-state index < -0.39 is 0 Å². The lowest BCUT2D eigenvalue weighted by molar-refractivity contribution is 0.342. The fourth-order valence-corrected chi connectivity index (χ4v) is 2.66. The van der Waals surface area contributed by atoms with Crippen LogP contribution in [0.25, 0.3) is 0 Å². The first-order chi connectivity index (χ1) is 9.29. The molecule has 0 aliphatic carbocycles. The van der Waals surface area contributed by atoms with Crippen molar-refractivity contribution in [3.63, 3.8) is 0 Å². The highest BCUT2D eigenvalue weighted by Crippen LogP contribution is 2.15. The summed E-state index contributed by atoms with van der Waals surface area (Å²) in [6.45, 7) is 4.23. The van der Waals surface area contributed by atoms with E-state index in [1.165, 1.54) is 32.2 Å². The topological polar surface area (TPSA) is 46.2 Å². The maximum Gasteiger partial charge on any atom is 0.217 e. The van der Waals surface area contributed by atoms with Crippen LogP contribution in [0.2, 0.25) is 0 Å². The molecule has 2 atom stereocenters. The molecule has 4 heteroatoms. The van der Waals surface area contributed by atoms with E-state index >= 15 is 0 Å². The first-order valence-electron chi connectivity index (χ1n) is 7.24. The SMILES string of the molecule is COc1ncccc1CNC(C)CC1CCCCN1. The zero-order chi connectivity index (χ0) is 13.5. The molecule has 1 aliphatic rings. The molecule has 0 bridgehead atoms. The molecule has 0 saturated carbocycles. The average Bonchev–Trinajstić information content (AvgIpc) is 2.46. The van der Waals surface area contributed by atoms with Crippen molar-refractivity contribution in [1.29, 1.82) is 0 Å². The van der Waals surface area contributed by atoms with Crippen LogP contribution in [0.3, 0.4) is 0 Å². The predicted octanol–water partition coefficient (Wildman–Crippen LogP) is 2.10. The van der Waals surface area contributed by atoms with Gasteiger partial charge in [0.1, 0.15) is 0 Å². The third kappa shape index (κ3) is 4.48. The van der Waals surface area contributed by atoms with E-state index in [1.807, 2.05) is 6.07 Å². The maximum absolute atomic E-state index is 5.26. The monoisotopic (exact) mass is 263 g/mol. The number of pyridine rings is 1. The molecule has 1 aliphatic heterocycles. The summed E-state index contributed by atoms with van der Waals surface area (Å²) in [7, 11) is 1.67. The van der Waals surface area contributed by atoms with E-state index in [0.717, 1.165) is 18.0 Å². The molecule has 0 spiro atoms. The van der Waals surface area contributed by atoms with Gasteiger partial charge in [-0.3, -0.25) is 0 Å². The summed E-state index contributed by atoms with van der Waals surface area (Å²) < 4.78 is 5.26. The standard InChI is InChI=1S/C15H25N3O/c1-12(10-14-7-3-4-8-16-14)18-11-13-6-5-9-17-15(13)19-2/h5-6,9,12,14,16,18H,3-4,7-8,10-11H2,1-2H3. The highest BCUT2D eigenvalue weighted by Gasteiger charge is 2.15. The minimum absolute atomic E-state index is 0.500. The Morgan fingerprint density at radius 1 is 1.53 bits per heavy atom. The zero-order valence-corrected chi connectivity index (χ0v) is 12.0.